The Balaban J connectivity index is 1.93. The molecule has 0 aromatic rings. The van der Waals surface area contributed by atoms with Crippen LogP contribution in [-0.4, -0.2) is 38.2 Å². The molecule has 0 aromatic carbocycles. The summed E-state index contributed by atoms with van der Waals surface area (Å²) < 4.78 is 29.0. The van der Waals surface area contributed by atoms with E-state index in [1.54, 1.807) is 4.31 Å². The third kappa shape index (κ3) is 3.84. The minimum absolute atomic E-state index is 0.0178. The van der Waals surface area contributed by atoms with Gasteiger partial charge in [-0.25, -0.2) is 4.72 Å². The molecule has 1 N–H and O–H groups in total. The van der Waals surface area contributed by atoms with Crippen LogP contribution in [0.5, 0.6) is 0 Å². The van der Waals surface area contributed by atoms with Crippen molar-refractivity contribution in [2.45, 2.75) is 45.4 Å². The summed E-state index contributed by atoms with van der Waals surface area (Å²) in [5, 5.41) is 0. The fourth-order valence-electron chi connectivity index (χ4n) is 3.18. The first-order chi connectivity index (χ1) is 8.97. The van der Waals surface area contributed by atoms with Gasteiger partial charge in [0.25, 0.3) is 10.2 Å². The lowest BCUT2D eigenvalue weighted by atomic mass is 9.89. The van der Waals surface area contributed by atoms with Crippen molar-refractivity contribution < 1.29 is 8.42 Å². The highest BCUT2D eigenvalue weighted by Gasteiger charge is 2.35. The van der Waals surface area contributed by atoms with Crippen molar-refractivity contribution in [3.63, 3.8) is 0 Å². The van der Waals surface area contributed by atoms with Gasteiger partial charge in [0.05, 0.1) is 0 Å². The number of rotatable bonds is 5. The Bertz CT molecular complexity index is 393. The van der Waals surface area contributed by atoms with Crippen molar-refractivity contribution in [3.05, 3.63) is 0 Å². The van der Waals surface area contributed by atoms with E-state index in [4.69, 9.17) is 11.6 Å². The number of alkyl halides is 1. The maximum atomic E-state index is 12.3. The lowest BCUT2D eigenvalue weighted by Gasteiger charge is -2.32. The molecule has 1 unspecified atom stereocenters. The van der Waals surface area contributed by atoms with Gasteiger partial charge in [-0.1, -0.05) is 19.8 Å². The quantitative estimate of drug-likeness (QED) is 0.793. The number of piperidine rings is 1. The Hall–Kier alpha value is 0.160. The molecular formula is C13H25ClN2O2S. The van der Waals surface area contributed by atoms with Gasteiger partial charge in [0.15, 0.2) is 0 Å². The third-order valence-corrected chi connectivity index (χ3v) is 6.62. The molecule has 19 heavy (non-hydrogen) atoms. The van der Waals surface area contributed by atoms with Gasteiger partial charge >= 0.3 is 0 Å². The molecule has 4 nitrogen and oxygen atoms in total. The van der Waals surface area contributed by atoms with Crippen LogP contribution >= 0.6 is 11.6 Å². The van der Waals surface area contributed by atoms with Crippen LogP contribution < -0.4 is 4.72 Å². The average Bonchev–Trinajstić information content (AvgIpc) is 2.86. The summed E-state index contributed by atoms with van der Waals surface area (Å²) in [6.45, 7) is 3.89. The van der Waals surface area contributed by atoms with Gasteiger partial charge in [-0.15, -0.1) is 11.6 Å². The summed E-state index contributed by atoms with van der Waals surface area (Å²) in [5.74, 6) is 1.00. The van der Waals surface area contributed by atoms with Crippen LogP contribution in [0, 0.1) is 11.3 Å². The molecule has 1 atom stereocenters. The maximum absolute atomic E-state index is 12.3. The summed E-state index contributed by atoms with van der Waals surface area (Å²) in [6.07, 6.45) is 6.48. The standard InChI is InChI=1S/C13H25ClN2O2S/c1-12-5-4-8-16(9-12)19(17,18)15-11-13(10-14)6-2-3-7-13/h12,15H,2-11H2,1H3. The molecule has 1 saturated carbocycles. The molecule has 1 aliphatic heterocycles. The molecule has 2 aliphatic rings. The van der Waals surface area contributed by atoms with Crippen molar-refractivity contribution >= 4 is 21.8 Å². The van der Waals surface area contributed by atoms with E-state index < -0.39 is 10.2 Å². The molecule has 0 radical (unpaired) electrons. The Morgan fingerprint density at radius 2 is 2.00 bits per heavy atom. The first-order valence-electron chi connectivity index (χ1n) is 7.28. The van der Waals surface area contributed by atoms with Crippen molar-refractivity contribution in [3.8, 4) is 0 Å². The van der Waals surface area contributed by atoms with E-state index in [1.165, 1.54) is 0 Å². The van der Waals surface area contributed by atoms with Crippen LogP contribution in [0.25, 0.3) is 0 Å². The van der Waals surface area contributed by atoms with Crippen LogP contribution in [0.3, 0.4) is 0 Å². The smallest absolute Gasteiger partial charge is 0.202 e. The second-order valence-electron chi connectivity index (χ2n) is 6.27. The Morgan fingerprint density at radius 1 is 1.32 bits per heavy atom. The van der Waals surface area contributed by atoms with E-state index in [0.717, 1.165) is 38.5 Å². The number of hydrogen-bond acceptors (Lipinski definition) is 2. The monoisotopic (exact) mass is 308 g/mol. The Kier molecular flexibility index (Phi) is 5.15. The summed E-state index contributed by atoms with van der Waals surface area (Å²) in [4.78, 5) is 0. The van der Waals surface area contributed by atoms with Gasteiger partial charge in [0.1, 0.15) is 0 Å². The van der Waals surface area contributed by atoms with Crippen LogP contribution in [-0.2, 0) is 10.2 Å². The van der Waals surface area contributed by atoms with Crippen LogP contribution in [0.15, 0.2) is 0 Å². The Morgan fingerprint density at radius 3 is 2.58 bits per heavy atom. The summed E-state index contributed by atoms with van der Waals surface area (Å²) in [5.41, 5.74) is -0.0178. The molecule has 0 spiro atoms. The van der Waals surface area contributed by atoms with Gasteiger partial charge in [0, 0.05) is 25.5 Å². The van der Waals surface area contributed by atoms with Crippen LogP contribution in [0.4, 0.5) is 0 Å². The van der Waals surface area contributed by atoms with Crippen molar-refractivity contribution in [1.29, 1.82) is 0 Å². The minimum atomic E-state index is -3.33. The van der Waals surface area contributed by atoms with E-state index in [0.29, 0.717) is 31.4 Å². The van der Waals surface area contributed by atoms with Crippen LogP contribution in [0.2, 0.25) is 0 Å². The highest BCUT2D eigenvalue weighted by atomic mass is 35.5. The molecule has 2 fully saturated rings. The van der Waals surface area contributed by atoms with Gasteiger partial charge < -0.3 is 0 Å². The van der Waals surface area contributed by atoms with Crippen LogP contribution in [0.1, 0.15) is 45.4 Å². The zero-order chi connectivity index (χ0) is 13.9. The predicted molar refractivity (Wildman–Crippen MR) is 78.5 cm³/mol. The van der Waals surface area contributed by atoms with E-state index in [1.807, 2.05) is 0 Å². The molecule has 1 heterocycles. The minimum Gasteiger partial charge on any atom is -0.202 e. The second-order valence-corrected chi connectivity index (χ2v) is 8.29. The molecular weight excluding hydrogens is 284 g/mol. The molecule has 6 heteroatoms. The van der Waals surface area contributed by atoms with E-state index >= 15 is 0 Å². The first-order valence-corrected chi connectivity index (χ1v) is 9.26. The molecule has 1 aliphatic carbocycles. The molecule has 1 saturated heterocycles. The van der Waals surface area contributed by atoms with Gasteiger partial charge in [-0.05, 0) is 37.0 Å². The topological polar surface area (TPSA) is 49.4 Å². The molecule has 112 valence electrons. The van der Waals surface area contributed by atoms with E-state index in [2.05, 4.69) is 11.6 Å². The van der Waals surface area contributed by atoms with E-state index in [-0.39, 0.29) is 5.41 Å². The fourth-order valence-corrected chi connectivity index (χ4v) is 5.04. The summed E-state index contributed by atoms with van der Waals surface area (Å²) in [7, 11) is -3.33. The maximum Gasteiger partial charge on any atom is 0.279 e. The molecule has 2 rings (SSSR count). The highest BCUT2D eigenvalue weighted by molar-refractivity contribution is 7.87. The fraction of sp³-hybridized carbons (Fsp3) is 1.00. The lowest BCUT2D eigenvalue weighted by Crippen LogP contribution is -2.48. The summed E-state index contributed by atoms with van der Waals surface area (Å²) in [6, 6.07) is 0. The average molecular weight is 309 g/mol. The first kappa shape index (κ1) is 15.5. The molecule has 0 bridgehead atoms. The third-order valence-electron chi connectivity index (χ3n) is 4.54. The van der Waals surface area contributed by atoms with Crippen molar-refractivity contribution in [1.82, 2.24) is 9.03 Å². The zero-order valence-corrected chi connectivity index (χ0v) is 13.3. The number of hydrogen-bond donors (Lipinski definition) is 1. The van der Waals surface area contributed by atoms with E-state index in [9.17, 15) is 8.42 Å². The van der Waals surface area contributed by atoms with Crippen molar-refractivity contribution in [2.24, 2.45) is 11.3 Å². The predicted octanol–water partition coefficient (Wildman–Crippen LogP) is 2.35. The second kappa shape index (κ2) is 6.29. The zero-order valence-electron chi connectivity index (χ0n) is 11.7. The number of halogens is 1. The number of nitrogens with one attached hydrogen (secondary N) is 1. The summed E-state index contributed by atoms with van der Waals surface area (Å²) >= 11 is 6.05. The largest absolute Gasteiger partial charge is 0.279 e. The molecule has 0 aromatic heterocycles. The van der Waals surface area contributed by atoms with Gasteiger partial charge in [-0.3, -0.25) is 0 Å². The van der Waals surface area contributed by atoms with Gasteiger partial charge in [-0.2, -0.15) is 12.7 Å². The highest BCUT2D eigenvalue weighted by Crippen LogP contribution is 2.38. The van der Waals surface area contributed by atoms with Gasteiger partial charge in [0.2, 0.25) is 0 Å². The SMILES string of the molecule is CC1CCCN(S(=O)(=O)NCC2(CCl)CCCC2)C1. The number of nitrogens with zero attached hydrogens (tertiary/aromatic N) is 1. The van der Waals surface area contributed by atoms with Crippen molar-refractivity contribution in [2.75, 3.05) is 25.5 Å². The Labute approximate surface area is 122 Å². The molecule has 0 amide bonds. The normalized spacial score (nSPS) is 28.6. The lowest BCUT2D eigenvalue weighted by molar-refractivity contribution is 0.272.